The summed E-state index contributed by atoms with van der Waals surface area (Å²) in [4.78, 5) is 24.0. The Morgan fingerprint density at radius 1 is 1.18 bits per heavy atom. The molecule has 0 aliphatic carbocycles. The number of hydrogen-bond acceptors (Lipinski definition) is 4. The molecular weight excluding hydrogens is 372 g/mol. The predicted molar refractivity (Wildman–Crippen MR) is 111 cm³/mol. The summed E-state index contributed by atoms with van der Waals surface area (Å²) < 4.78 is 0. The van der Waals surface area contributed by atoms with Gasteiger partial charge in [0.1, 0.15) is 5.69 Å². The number of fused-ring (bicyclic) bond motifs is 1. The minimum atomic E-state index is -0.244. The molecule has 0 fully saturated rings. The highest BCUT2D eigenvalue weighted by molar-refractivity contribution is 6.31. The third-order valence-electron chi connectivity index (χ3n) is 4.90. The molecule has 3 aromatic rings. The Hall–Kier alpha value is -2.92. The number of anilines is 2. The molecule has 0 saturated carbocycles. The second-order valence-corrected chi connectivity index (χ2v) is 7.43. The number of aryl methyl sites for hydroxylation is 1. The summed E-state index contributed by atoms with van der Waals surface area (Å²) in [6.45, 7) is 4.37. The number of hydrogen-bond donors (Lipinski definition) is 1. The summed E-state index contributed by atoms with van der Waals surface area (Å²) in [5.74, 6) is 0.312. The number of benzene rings is 2. The summed E-state index contributed by atoms with van der Waals surface area (Å²) >= 11 is 6.17. The molecule has 2 aromatic carbocycles. The van der Waals surface area contributed by atoms with Crippen LogP contribution in [0.4, 0.5) is 11.6 Å². The molecular formula is C22H21ClN4O. The summed E-state index contributed by atoms with van der Waals surface area (Å²) in [7, 11) is 0. The Balaban J connectivity index is 1.59. The second kappa shape index (κ2) is 7.60. The largest absolute Gasteiger partial charge is 0.347 e. The van der Waals surface area contributed by atoms with E-state index in [-0.39, 0.29) is 11.9 Å². The third kappa shape index (κ3) is 3.58. The molecule has 0 radical (unpaired) electrons. The zero-order valence-corrected chi connectivity index (χ0v) is 16.6. The fourth-order valence-electron chi connectivity index (χ4n) is 3.56. The van der Waals surface area contributed by atoms with Gasteiger partial charge >= 0.3 is 0 Å². The molecule has 1 aliphatic heterocycles. The molecule has 142 valence electrons. The van der Waals surface area contributed by atoms with Crippen LogP contribution in [0.15, 0.2) is 54.6 Å². The van der Waals surface area contributed by atoms with Crippen molar-refractivity contribution in [3.8, 4) is 0 Å². The number of halogens is 1. The summed E-state index contributed by atoms with van der Waals surface area (Å²) in [5, 5.41) is 3.53. The normalized spacial score (nSPS) is 15.4. The molecule has 1 amide bonds. The van der Waals surface area contributed by atoms with E-state index in [9.17, 15) is 4.79 Å². The summed E-state index contributed by atoms with van der Waals surface area (Å²) in [5.41, 5.74) is 4.34. The highest BCUT2D eigenvalue weighted by Crippen LogP contribution is 2.36. The van der Waals surface area contributed by atoms with Gasteiger partial charge in [0, 0.05) is 29.0 Å². The minimum absolute atomic E-state index is 0.234. The first kappa shape index (κ1) is 18.4. The zero-order valence-electron chi connectivity index (χ0n) is 15.8. The maximum atomic E-state index is 12.7. The van der Waals surface area contributed by atoms with E-state index in [4.69, 9.17) is 11.6 Å². The second-order valence-electron chi connectivity index (χ2n) is 7.02. The lowest BCUT2D eigenvalue weighted by atomic mass is 10.1. The standard InChI is InChI=1S/C22H21ClN4O/c1-14-11-19(21(28)24-13-17-8-3-5-9-18(17)23)26-22(25-14)27-15(2)12-16-7-4-6-10-20(16)27/h3-11,15H,12-13H2,1-2H3,(H,24,28). The van der Waals surface area contributed by atoms with Crippen LogP contribution in [0.3, 0.4) is 0 Å². The Labute approximate surface area is 169 Å². The van der Waals surface area contributed by atoms with E-state index in [0.29, 0.717) is 23.2 Å². The zero-order chi connectivity index (χ0) is 19.7. The SMILES string of the molecule is Cc1cc(C(=O)NCc2ccccc2Cl)nc(N2c3ccccc3CC2C)n1. The molecule has 1 atom stereocenters. The maximum absolute atomic E-state index is 12.7. The number of rotatable bonds is 4. The van der Waals surface area contributed by atoms with Gasteiger partial charge in [-0.25, -0.2) is 9.97 Å². The van der Waals surface area contributed by atoms with Crippen molar-refractivity contribution in [1.29, 1.82) is 0 Å². The fraction of sp³-hybridized carbons (Fsp3) is 0.227. The van der Waals surface area contributed by atoms with E-state index in [0.717, 1.165) is 23.4 Å². The van der Waals surface area contributed by atoms with Gasteiger partial charge in [-0.2, -0.15) is 0 Å². The van der Waals surface area contributed by atoms with Gasteiger partial charge in [0.2, 0.25) is 5.95 Å². The van der Waals surface area contributed by atoms with Gasteiger partial charge in [0.15, 0.2) is 0 Å². The van der Waals surface area contributed by atoms with Crippen molar-refractivity contribution in [2.45, 2.75) is 32.9 Å². The predicted octanol–water partition coefficient (Wildman–Crippen LogP) is 4.45. The van der Waals surface area contributed by atoms with Crippen molar-refractivity contribution in [3.63, 3.8) is 0 Å². The van der Waals surface area contributed by atoms with E-state index in [1.54, 1.807) is 6.07 Å². The molecule has 1 unspecified atom stereocenters. The Morgan fingerprint density at radius 3 is 2.75 bits per heavy atom. The lowest BCUT2D eigenvalue weighted by molar-refractivity contribution is 0.0945. The molecule has 0 spiro atoms. The number of carbonyl (C=O) groups excluding carboxylic acids is 1. The van der Waals surface area contributed by atoms with E-state index in [1.165, 1.54) is 5.56 Å². The molecule has 1 aliphatic rings. The number of aromatic nitrogens is 2. The van der Waals surface area contributed by atoms with E-state index < -0.39 is 0 Å². The van der Waals surface area contributed by atoms with E-state index in [2.05, 4.69) is 39.2 Å². The van der Waals surface area contributed by atoms with Crippen molar-refractivity contribution in [2.75, 3.05) is 4.90 Å². The molecule has 1 N–H and O–H groups in total. The first-order valence-electron chi connectivity index (χ1n) is 9.27. The number of nitrogens with zero attached hydrogens (tertiary/aromatic N) is 3. The van der Waals surface area contributed by atoms with Gasteiger partial charge in [-0.05, 0) is 49.6 Å². The van der Waals surface area contributed by atoms with Crippen molar-refractivity contribution in [3.05, 3.63) is 82.1 Å². The molecule has 0 bridgehead atoms. The third-order valence-corrected chi connectivity index (χ3v) is 5.26. The number of para-hydroxylation sites is 1. The average Bonchev–Trinajstić information content (AvgIpc) is 3.02. The Morgan fingerprint density at radius 2 is 1.93 bits per heavy atom. The first-order chi connectivity index (χ1) is 13.5. The minimum Gasteiger partial charge on any atom is -0.347 e. The van der Waals surface area contributed by atoms with Crippen LogP contribution in [0, 0.1) is 6.92 Å². The van der Waals surface area contributed by atoms with Crippen molar-refractivity contribution in [1.82, 2.24) is 15.3 Å². The van der Waals surface area contributed by atoms with Crippen LogP contribution in [0.1, 0.15) is 34.2 Å². The van der Waals surface area contributed by atoms with Crippen LogP contribution < -0.4 is 10.2 Å². The van der Waals surface area contributed by atoms with Gasteiger partial charge in [-0.3, -0.25) is 4.79 Å². The summed E-state index contributed by atoms with van der Waals surface area (Å²) in [6, 6.07) is 17.6. The summed E-state index contributed by atoms with van der Waals surface area (Å²) in [6.07, 6.45) is 0.932. The van der Waals surface area contributed by atoms with Crippen molar-refractivity contribution in [2.24, 2.45) is 0 Å². The van der Waals surface area contributed by atoms with Gasteiger partial charge in [0.25, 0.3) is 5.91 Å². The van der Waals surface area contributed by atoms with Crippen LogP contribution in [0.2, 0.25) is 5.02 Å². The first-order valence-corrected chi connectivity index (χ1v) is 9.65. The highest BCUT2D eigenvalue weighted by atomic mass is 35.5. The van der Waals surface area contributed by atoms with E-state index in [1.807, 2.05) is 43.3 Å². The Bertz CT molecular complexity index is 1040. The monoisotopic (exact) mass is 392 g/mol. The molecule has 1 aromatic heterocycles. The molecule has 4 rings (SSSR count). The molecule has 0 saturated heterocycles. The van der Waals surface area contributed by atoms with Gasteiger partial charge in [0.05, 0.1) is 0 Å². The van der Waals surface area contributed by atoms with Crippen molar-refractivity contribution < 1.29 is 4.79 Å². The molecule has 2 heterocycles. The maximum Gasteiger partial charge on any atom is 0.270 e. The van der Waals surface area contributed by atoms with Crippen LogP contribution in [-0.4, -0.2) is 21.9 Å². The van der Waals surface area contributed by atoms with Crippen LogP contribution in [0.5, 0.6) is 0 Å². The lowest BCUT2D eigenvalue weighted by Crippen LogP contribution is -2.29. The Kier molecular flexibility index (Phi) is 5.01. The molecule has 6 heteroatoms. The smallest absolute Gasteiger partial charge is 0.270 e. The van der Waals surface area contributed by atoms with Crippen molar-refractivity contribution >= 4 is 29.1 Å². The fourth-order valence-corrected chi connectivity index (χ4v) is 3.76. The molecule has 28 heavy (non-hydrogen) atoms. The van der Waals surface area contributed by atoms with E-state index >= 15 is 0 Å². The van der Waals surface area contributed by atoms with Crippen LogP contribution >= 0.6 is 11.6 Å². The van der Waals surface area contributed by atoms with Crippen LogP contribution in [0.25, 0.3) is 0 Å². The lowest BCUT2D eigenvalue weighted by Gasteiger charge is -2.23. The van der Waals surface area contributed by atoms with Gasteiger partial charge in [-0.1, -0.05) is 48.0 Å². The number of carbonyl (C=O) groups is 1. The average molecular weight is 393 g/mol. The number of nitrogens with one attached hydrogen (secondary N) is 1. The van der Waals surface area contributed by atoms with Gasteiger partial charge < -0.3 is 10.2 Å². The van der Waals surface area contributed by atoms with Gasteiger partial charge in [-0.15, -0.1) is 0 Å². The topological polar surface area (TPSA) is 58.1 Å². The quantitative estimate of drug-likeness (QED) is 0.712. The highest BCUT2D eigenvalue weighted by Gasteiger charge is 2.29. The molecule has 5 nitrogen and oxygen atoms in total. The number of amides is 1. The van der Waals surface area contributed by atoms with Crippen LogP contribution in [-0.2, 0) is 13.0 Å².